The zero-order valence-electron chi connectivity index (χ0n) is 12.2. The van der Waals surface area contributed by atoms with Gasteiger partial charge in [-0.2, -0.15) is 0 Å². The maximum absolute atomic E-state index is 3.56. The van der Waals surface area contributed by atoms with E-state index in [2.05, 4.69) is 40.5 Å². The summed E-state index contributed by atoms with van der Waals surface area (Å²) in [6.45, 7) is 6.06. The molecule has 1 N–H and O–H groups in total. The van der Waals surface area contributed by atoms with Crippen LogP contribution in [-0.4, -0.2) is 37.6 Å². The number of hydrogen-bond acceptors (Lipinski definition) is 2. The van der Waals surface area contributed by atoms with Crippen LogP contribution in [0.15, 0.2) is 30.3 Å². The minimum absolute atomic E-state index is 0. The molecule has 1 aromatic carbocycles. The Morgan fingerprint density at radius 1 is 0.850 bits per heavy atom. The molecule has 1 aromatic rings. The minimum atomic E-state index is 0. The normalized spacial score (nSPS) is 15.8. The van der Waals surface area contributed by atoms with E-state index in [1.165, 1.54) is 50.9 Å². The second-order valence-electron chi connectivity index (χ2n) is 5.24. The van der Waals surface area contributed by atoms with Crippen LogP contribution in [0.3, 0.4) is 0 Å². The van der Waals surface area contributed by atoms with Gasteiger partial charge >= 0.3 is 0 Å². The molecular formula is C16H28Cl2N2. The molecule has 0 bridgehead atoms. The average molecular weight is 319 g/mol. The fourth-order valence-corrected chi connectivity index (χ4v) is 2.60. The van der Waals surface area contributed by atoms with Crippen LogP contribution in [0.5, 0.6) is 0 Å². The topological polar surface area (TPSA) is 15.3 Å². The van der Waals surface area contributed by atoms with Crippen molar-refractivity contribution in [1.82, 2.24) is 10.2 Å². The van der Waals surface area contributed by atoms with Crippen LogP contribution in [0.1, 0.15) is 31.2 Å². The van der Waals surface area contributed by atoms with E-state index >= 15 is 0 Å². The third-order valence-electron chi connectivity index (χ3n) is 3.74. The van der Waals surface area contributed by atoms with Crippen molar-refractivity contribution in [3.63, 3.8) is 0 Å². The molecule has 1 aliphatic rings. The maximum atomic E-state index is 3.56. The van der Waals surface area contributed by atoms with Crippen molar-refractivity contribution in [3.05, 3.63) is 35.9 Å². The lowest BCUT2D eigenvalue weighted by molar-refractivity contribution is 0.284. The van der Waals surface area contributed by atoms with Gasteiger partial charge in [-0.3, -0.25) is 0 Å². The van der Waals surface area contributed by atoms with Crippen LogP contribution in [0.4, 0.5) is 0 Å². The lowest BCUT2D eigenvalue weighted by Crippen LogP contribution is -2.33. The van der Waals surface area contributed by atoms with Gasteiger partial charge < -0.3 is 10.2 Å². The van der Waals surface area contributed by atoms with Gasteiger partial charge in [0, 0.05) is 13.1 Å². The molecular weight excluding hydrogens is 291 g/mol. The molecule has 0 aromatic heterocycles. The molecule has 4 heteroatoms. The predicted molar refractivity (Wildman–Crippen MR) is 92.4 cm³/mol. The number of likely N-dealkylation sites (tertiary alicyclic amines) is 1. The standard InChI is InChI=1S/C16H26N2.2ClH/c1-2-7-14-18(13-6-1)15-12-17-11-10-16-8-4-3-5-9-16;;/h3-5,8-9,17H,1-2,6-7,10-15H2;2*1H. The molecule has 0 atom stereocenters. The number of nitrogens with zero attached hydrogens (tertiary/aromatic N) is 1. The predicted octanol–water partition coefficient (Wildman–Crippen LogP) is 3.54. The van der Waals surface area contributed by atoms with E-state index in [0.29, 0.717) is 0 Å². The van der Waals surface area contributed by atoms with Crippen LogP contribution in [0.25, 0.3) is 0 Å². The van der Waals surface area contributed by atoms with Gasteiger partial charge in [-0.05, 0) is 44.5 Å². The van der Waals surface area contributed by atoms with Gasteiger partial charge in [0.1, 0.15) is 0 Å². The summed E-state index contributed by atoms with van der Waals surface area (Å²) in [6, 6.07) is 10.7. The van der Waals surface area contributed by atoms with Crippen LogP contribution >= 0.6 is 24.8 Å². The van der Waals surface area contributed by atoms with Gasteiger partial charge in [-0.25, -0.2) is 0 Å². The summed E-state index contributed by atoms with van der Waals surface area (Å²) in [5.41, 5.74) is 1.43. The SMILES string of the molecule is Cl.Cl.c1ccc(CCNCCN2CCCCCC2)cc1. The monoisotopic (exact) mass is 318 g/mol. The van der Waals surface area contributed by atoms with E-state index in [1.807, 2.05) is 0 Å². The first-order chi connectivity index (χ1) is 8.95. The lowest BCUT2D eigenvalue weighted by Gasteiger charge is -2.19. The fraction of sp³-hybridized carbons (Fsp3) is 0.625. The smallest absolute Gasteiger partial charge is 0.0107 e. The van der Waals surface area contributed by atoms with Crippen molar-refractivity contribution in [2.75, 3.05) is 32.7 Å². The lowest BCUT2D eigenvalue weighted by atomic mass is 10.1. The van der Waals surface area contributed by atoms with Crippen molar-refractivity contribution in [3.8, 4) is 0 Å². The van der Waals surface area contributed by atoms with Gasteiger partial charge in [-0.15, -0.1) is 24.8 Å². The summed E-state index contributed by atoms with van der Waals surface area (Å²) >= 11 is 0. The third kappa shape index (κ3) is 8.11. The van der Waals surface area contributed by atoms with Crippen molar-refractivity contribution >= 4 is 24.8 Å². The van der Waals surface area contributed by atoms with Gasteiger partial charge in [0.25, 0.3) is 0 Å². The van der Waals surface area contributed by atoms with Gasteiger partial charge in [0.2, 0.25) is 0 Å². The van der Waals surface area contributed by atoms with Crippen LogP contribution in [-0.2, 0) is 6.42 Å². The summed E-state index contributed by atoms with van der Waals surface area (Å²) in [5, 5.41) is 3.56. The zero-order chi connectivity index (χ0) is 12.5. The Morgan fingerprint density at radius 2 is 1.50 bits per heavy atom. The molecule has 0 spiro atoms. The van der Waals surface area contributed by atoms with Crippen LogP contribution in [0, 0.1) is 0 Å². The first kappa shape index (κ1) is 19.7. The Balaban J connectivity index is 0.00000180. The molecule has 0 amide bonds. The van der Waals surface area contributed by atoms with E-state index in [1.54, 1.807) is 0 Å². The van der Waals surface area contributed by atoms with E-state index < -0.39 is 0 Å². The maximum Gasteiger partial charge on any atom is 0.0107 e. The van der Waals surface area contributed by atoms with Crippen molar-refractivity contribution < 1.29 is 0 Å². The van der Waals surface area contributed by atoms with Gasteiger partial charge in [-0.1, -0.05) is 43.2 Å². The van der Waals surface area contributed by atoms with Crippen LogP contribution < -0.4 is 5.32 Å². The van der Waals surface area contributed by atoms with Crippen molar-refractivity contribution in [2.45, 2.75) is 32.1 Å². The molecule has 1 saturated heterocycles. The first-order valence-electron chi connectivity index (χ1n) is 7.42. The zero-order valence-corrected chi connectivity index (χ0v) is 13.9. The number of hydrogen-bond donors (Lipinski definition) is 1. The van der Waals surface area contributed by atoms with Crippen molar-refractivity contribution in [2.24, 2.45) is 0 Å². The summed E-state index contributed by atoms with van der Waals surface area (Å²) in [5.74, 6) is 0. The highest BCUT2D eigenvalue weighted by Gasteiger charge is 2.07. The largest absolute Gasteiger partial charge is 0.315 e. The molecule has 0 unspecified atom stereocenters. The van der Waals surface area contributed by atoms with Crippen molar-refractivity contribution in [1.29, 1.82) is 0 Å². The first-order valence-corrected chi connectivity index (χ1v) is 7.42. The molecule has 1 heterocycles. The summed E-state index contributed by atoms with van der Waals surface area (Å²) in [4.78, 5) is 2.61. The Labute approximate surface area is 136 Å². The second-order valence-corrected chi connectivity index (χ2v) is 5.24. The van der Waals surface area contributed by atoms with E-state index in [9.17, 15) is 0 Å². The number of rotatable bonds is 6. The Hall–Kier alpha value is -0.280. The fourth-order valence-electron chi connectivity index (χ4n) is 2.60. The Kier molecular flexibility index (Phi) is 12.3. The van der Waals surface area contributed by atoms with Gasteiger partial charge in [0.05, 0.1) is 0 Å². The number of benzene rings is 1. The molecule has 1 aliphatic heterocycles. The molecule has 1 fully saturated rings. The van der Waals surface area contributed by atoms with E-state index in [4.69, 9.17) is 0 Å². The minimum Gasteiger partial charge on any atom is -0.315 e. The number of halogens is 2. The molecule has 0 aliphatic carbocycles. The number of nitrogens with one attached hydrogen (secondary N) is 1. The summed E-state index contributed by atoms with van der Waals surface area (Å²) < 4.78 is 0. The van der Waals surface area contributed by atoms with E-state index in [0.717, 1.165) is 19.5 Å². The van der Waals surface area contributed by atoms with Crippen LogP contribution in [0.2, 0.25) is 0 Å². The summed E-state index contributed by atoms with van der Waals surface area (Å²) in [6.07, 6.45) is 6.78. The van der Waals surface area contributed by atoms with Gasteiger partial charge in [0.15, 0.2) is 0 Å². The highest BCUT2D eigenvalue weighted by Crippen LogP contribution is 2.08. The third-order valence-corrected chi connectivity index (χ3v) is 3.74. The molecule has 0 saturated carbocycles. The quantitative estimate of drug-likeness (QED) is 0.807. The Bertz CT molecular complexity index is 312. The molecule has 116 valence electrons. The Morgan fingerprint density at radius 3 is 2.15 bits per heavy atom. The summed E-state index contributed by atoms with van der Waals surface area (Å²) in [7, 11) is 0. The molecule has 2 rings (SSSR count). The van der Waals surface area contributed by atoms with E-state index in [-0.39, 0.29) is 24.8 Å². The molecule has 2 nitrogen and oxygen atoms in total. The average Bonchev–Trinajstić information content (AvgIpc) is 2.68. The highest BCUT2D eigenvalue weighted by molar-refractivity contribution is 5.85. The molecule has 0 radical (unpaired) electrons. The second kappa shape index (κ2) is 12.5. The highest BCUT2D eigenvalue weighted by atomic mass is 35.5. The molecule has 20 heavy (non-hydrogen) atoms.